The Kier molecular flexibility index (Phi) is 7.80. The van der Waals surface area contributed by atoms with E-state index in [0.29, 0.717) is 0 Å². The second-order valence-corrected chi connectivity index (χ2v) is 22.7. The van der Waals surface area contributed by atoms with Gasteiger partial charge in [-0.3, -0.25) is 0 Å². The van der Waals surface area contributed by atoms with Gasteiger partial charge in [-0.15, -0.1) is 0 Å². The molecule has 3 aromatic carbocycles. The topological polar surface area (TPSA) is 52.7 Å². The standard InChI is InChI=1S/C20H21Cl4N5P4/c1-29(2)33(24)27-31(21,22)26-32(23,28-33)25-30(18-12-6-3-7-13-18,19-14-8-4-9-15-19)20-16-10-5-11-17-20/h3-17H,1-2H3/t32-,33+/m0/s1. The van der Waals surface area contributed by atoms with E-state index in [0.717, 1.165) is 15.9 Å². The summed E-state index contributed by atoms with van der Waals surface area (Å²) in [5.74, 6) is -3.18. The maximum Gasteiger partial charge on any atom is 0.282 e. The van der Waals surface area contributed by atoms with Gasteiger partial charge in [0.15, 0.2) is 0 Å². The minimum atomic E-state index is -3.31. The highest BCUT2D eigenvalue weighted by molar-refractivity contribution is 8.18. The molecule has 0 radical (unpaired) electrons. The van der Waals surface area contributed by atoms with Gasteiger partial charge in [-0.05, 0) is 59.1 Å². The second kappa shape index (κ2) is 9.99. The average molecular weight is 597 g/mol. The van der Waals surface area contributed by atoms with E-state index in [1.165, 1.54) is 0 Å². The third-order valence-electron chi connectivity index (χ3n) is 4.82. The highest BCUT2D eigenvalue weighted by Crippen LogP contribution is 2.87. The first-order valence-corrected chi connectivity index (χ1v) is 20.1. The van der Waals surface area contributed by atoms with Gasteiger partial charge in [0.25, 0.3) is 12.6 Å². The fraction of sp³-hybridized carbons (Fsp3) is 0.100. The molecular weight excluding hydrogens is 576 g/mol. The summed E-state index contributed by atoms with van der Waals surface area (Å²) >= 11 is 27.1. The Morgan fingerprint density at radius 3 is 1.39 bits per heavy atom. The van der Waals surface area contributed by atoms with Crippen LogP contribution in [0.15, 0.2) is 109 Å². The van der Waals surface area contributed by atoms with Crippen LogP contribution in [0.5, 0.6) is 0 Å². The van der Waals surface area contributed by atoms with Crippen molar-refractivity contribution in [3.63, 3.8) is 0 Å². The summed E-state index contributed by atoms with van der Waals surface area (Å²) in [6.45, 7) is -6.26. The van der Waals surface area contributed by atoms with Crippen molar-refractivity contribution >= 4 is 87.3 Å². The Balaban J connectivity index is 2.21. The Labute approximate surface area is 214 Å². The molecule has 13 heteroatoms. The van der Waals surface area contributed by atoms with E-state index in [1.54, 1.807) is 18.8 Å². The molecule has 3 aromatic rings. The predicted octanol–water partition coefficient (Wildman–Crippen LogP) is 9.53. The molecule has 0 fully saturated rings. The molecule has 33 heavy (non-hydrogen) atoms. The number of halogens is 4. The van der Waals surface area contributed by atoms with E-state index >= 15 is 0 Å². The highest BCUT2D eigenvalue weighted by atomic mass is 35.9. The average Bonchev–Trinajstić information content (AvgIpc) is 2.77. The first kappa shape index (κ1) is 25.8. The number of hydrogen-bond donors (Lipinski definition) is 0. The quantitative estimate of drug-likeness (QED) is 0.271. The molecule has 1 heterocycles. The fourth-order valence-electron chi connectivity index (χ4n) is 3.37. The molecule has 0 N–H and O–H groups in total. The minimum absolute atomic E-state index is 1.02. The summed E-state index contributed by atoms with van der Waals surface area (Å²) in [4.78, 5) is 0. The molecule has 0 amide bonds. The Morgan fingerprint density at radius 2 is 1.03 bits per heavy atom. The van der Waals surface area contributed by atoms with Crippen LogP contribution in [0.3, 0.4) is 0 Å². The Hall–Kier alpha value is -0.300. The van der Waals surface area contributed by atoms with Gasteiger partial charge in [0.2, 0.25) is 6.71 Å². The number of benzene rings is 3. The van der Waals surface area contributed by atoms with Crippen molar-refractivity contribution in [2.45, 2.75) is 0 Å². The molecule has 174 valence electrons. The second-order valence-electron chi connectivity index (χ2n) is 7.29. The Bertz CT molecular complexity index is 1270. The molecule has 0 aliphatic carbocycles. The van der Waals surface area contributed by atoms with Crippen molar-refractivity contribution in [1.82, 2.24) is 4.67 Å². The first-order chi connectivity index (χ1) is 15.6. The lowest BCUT2D eigenvalue weighted by Crippen LogP contribution is -2.25. The summed E-state index contributed by atoms with van der Waals surface area (Å²) < 4.78 is 20.8. The van der Waals surface area contributed by atoms with Gasteiger partial charge in [-0.25, -0.2) is 9.19 Å². The number of hydrogen-bond acceptors (Lipinski definition) is 5. The van der Waals surface area contributed by atoms with Crippen LogP contribution >= 0.6 is 71.3 Å². The molecule has 1 aliphatic heterocycles. The first-order valence-electron chi connectivity index (χ1n) is 9.77. The van der Waals surface area contributed by atoms with E-state index in [1.807, 2.05) is 54.6 Å². The van der Waals surface area contributed by atoms with Crippen LogP contribution < -0.4 is 15.9 Å². The highest BCUT2D eigenvalue weighted by Gasteiger charge is 2.38. The molecular formula is C20H21Cl4N5P4. The van der Waals surface area contributed by atoms with Crippen molar-refractivity contribution in [2.24, 2.45) is 18.1 Å². The lowest BCUT2D eigenvalue weighted by Gasteiger charge is -2.31. The third-order valence-corrected chi connectivity index (χ3v) is 22.7. The molecule has 0 unspecified atom stereocenters. The van der Waals surface area contributed by atoms with E-state index in [-0.39, 0.29) is 0 Å². The van der Waals surface area contributed by atoms with Crippen LogP contribution in [0.1, 0.15) is 0 Å². The van der Waals surface area contributed by atoms with Crippen molar-refractivity contribution in [2.75, 3.05) is 14.1 Å². The van der Waals surface area contributed by atoms with Crippen LogP contribution in [0.2, 0.25) is 0 Å². The Morgan fingerprint density at radius 1 is 0.636 bits per heavy atom. The van der Waals surface area contributed by atoms with Crippen molar-refractivity contribution in [3.8, 4) is 0 Å². The van der Waals surface area contributed by atoms with Gasteiger partial charge in [-0.1, -0.05) is 91.0 Å². The van der Waals surface area contributed by atoms with Gasteiger partial charge in [0.1, 0.15) is 0 Å². The summed E-state index contributed by atoms with van der Waals surface area (Å²) in [6.07, 6.45) is 0. The summed E-state index contributed by atoms with van der Waals surface area (Å²) in [5.41, 5.74) is 0. The SMILES string of the molecule is CN(C)[P@@]1(Cl)=N[P@@](Cl)(N=P(c2ccccc2)(c2ccccc2)c2ccccc2)=NP(Cl)(Cl)=N1. The lowest BCUT2D eigenvalue weighted by atomic mass is 10.4. The van der Waals surface area contributed by atoms with E-state index in [2.05, 4.69) is 45.4 Å². The monoisotopic (exact) mass is 595 g/mol. The number of nitrogens with zero attached hydrogens (tertiary/aromatic N) is 5. The van der Waals surface area contributed by atoms with Crippen LogP contribution in [0, 0.1) is 0 Å². The van der Waals surface area contributed by atoms with Gasteiger partial charge < -0.3 is 0 Å². The van der Waals surface area contributed by atoms with E-state index in [9.17, 15) is 0 Å². The molecule has 0 spiro atoms. The van der Waals surface area contributed by atoms with E-state index in [4.69, 9.17) is 54.0 Å². The summed E-state index contributed by atoms with van der Waals surface area (Å²) in [7, 11) is 0.884. The smallest absolute Gasteiger partial charge is 0.246 e. The maximum absolute atomic E-state index is 7.18. The molecule has 0 saturated heterocycles. The predicted molar refractivity (Wildman–Crippen MR) is 153 cm³/mol. The minimum Gasteiger partial charge on any atom is -0.246 e. The van der Waals surface area contributed by atoms with Crippen LogP contribution in [-0.4, -0.2) is 18.8 Å². The largest absolute Gasteiger partial charge is 0.282 e. The van der Waals surface area contributed by atoms with Gasteiger partial charge in [0.05, 0.1) is 7.05 Å². The van der Waals surface area contributed by atoms with Crippen LogP contribution in [0.4, 0.5) is 0 Å². The van der Waals surface area contributed by atoms with Crippen molar-refractivity contribution in [3.05, 3.63) is 91.0 Å². The molecule has 5 nitrogen and oxygen atoms in total. The van der Waals surface area contributed by atoms with Gasteiger partial charge in [0, 0.05) is 15.9 Å². The van der Waals surface area contributed by atoms with Crippen molar-refractivity contribution < 1.29 is 0 Å². The lowest BCUT2D eigenvalue weighted by molar-refractivity contribution is 0.680. The molecule has 1 aliphatic rings. The molecule has 2 atom stereocenters. The van der Waals surface area contributed by atoms with E-state index < -0.39 is 26.4 Å². The molecule has 0 saturated carbocycles. The summed E-state index contributed by atoms with van der Waals surface area (Å²) in [6, 6.07) is 30.3. The zero-order valence-corrected chi connectivity index (χ0v) is 24.3. The van der Waals surface area contributed by atoms with Gasteiger partial charge >= 0.3 is 0 Å². The third kappa shape index (κ3) is 5.44. The molecule has 0 aromatic heterocycles. The summed E-state index contributed by atoms with van der Waals surface area (Å²) in [5, 5.41) is 3.06. The normalized spacial score (nSPS) is 24.3. The zero-order chi connectivity index (χ0) is 23.7. The zero-order valence-electron chi connectivity index (χ0n) is 17.7. The van der Waals surface area contributed by atoms with Crippen LogP contribution in [0.25, 0.3) is 0 Å². The fourth-order valence-corrected chi connectivity index (χ4v) is 25.0. The van der Waals surface area contributed by atoms with Crippen LogP contribution in [-0.2, 0) is 0 Å². The molecule has 4 rings (SSSR count). The van der Waals surface area contributed by atoms with Gasteiger partial charge in [-0.2, -0.15) is 13.5 Å². The number of rotatable bonds is 5. The molecule has 0 bridgehead atoms. The van der Waals surface area contributed by atoms with Crippen molar-refractivity contribution in [1.29, 1.82) is 0 Å². The maximum atomic E-state index is 7.18.